The fraction of sp³-hybridized carbons (Fsp3) is 0.632. The van der Waals surface area contributed by atoms with Crippen LogP contribution in [-0.2, 0) is 0 Å². The van der Waals surface area contributed by atoms with Gasteiger partial charge in [0, 0.05) is 43.1 Å². The SMILES string of the molecule is O=C(NC1CCN(C(=O)NC2CCCCC2)CC1)c1cccnc1SC(F)(F)F. The van der Waals surface area contributed by atoms with E-state index in [0.29, 0.717) is 25.9 Å². The maximum absolute atomic E-state index is 12.7. The van der Waals surface area contributed by atoms with Crippen molar-refractivity contribution in [2.24, 2.45) is 0 Å². The van der Waals surface area contributed by atoms with E-state index in [-0.39, 0.29) is 28.7 Å². The molecule has 0 bridgehead atoms. The molecule has 29 heavy (non-hydrogen) atoms. The fourth-order valence-corrected chi connectivity index (χ4v) is 4.36. The number of likely N-dealkylation sites (tertiary alicyclic amines) is 1. The van der Waals surface area contributed by atoms with Gasteiger partial charge in [-0.1, -0.05) is 19.3 Å². The van der Waals surface area contributed by atoms with Crippen LogP contribution in [0.5, 0.6) is 0 Å². The number of urea groups is 1. The minimum atomic E-state index is -4.51. The largest absolute Gasteiger partial charge is 0.447 e. The van der Waals surface area contributed by atoms with E-state index in [1.54, 1.807) is 4.90 Å². The van der Waals surface area contributed by atoms with Crippen LogP contribution in [0, 0.1) is 0 Å². The van der Waals surface area contributed by atoms with Crippen LogP contribution in [0.4, 0.5) is 18.0 Å². The van der Waals surface area contributed by atoms with E-state index < -0.39 is 23.2 Å². The van der Waals surface area contributed by atoms with Gasteiger partial charge in [0.25, 0.3) is 5.91 Å². The number of hydrogen-bond donors (Lipinski definition) is 2. The van der Waals surface area contributed by atoms with Gasteiger partial charge >= 0.3 is 11.5 Å². The van der Waals surface area contributed by atoms with Gasteiger partial charge in [-0.25, -0.2) is 9.78 Å². The van der Waals surface area contributed by atoms with Crippen LogP contribution in [-0.4, -0.2) is 52.5 Å². The highest BCUT2D eigenvalue weighted by molar-refractivity contribution is 8.00. The summed E-state index contributed by atoms with van der Waals surface area (Å²) in [6, 6.07) is 2.75. The average molecular weight is 430 g/mol. The van der Waals surface area contributed by atoms with Crippen LogP contribution < -0.4 is 10.6 Å². The Morgan fingerprint density at radius 2 is 1.69 bits per heavy atom. The van der Waals surface area contributed by atoms with Gasteiger partial charge < -0.3 is 15.5 Å². The highest BCUT2D eigenvalue weighted by Gasteiger charge is 2.33. The Morgan fingerprint density at radius 3 is 2.34 bits per heavy atom. The minimum Gasteiger partial charge on any atom is -0.349 e. The molecule has 1 aliphatic heterocycles. The zero-order chi connectivity index (χ0) is 20.9. The second-order valence-electron chi connectivity index (χ2n) is 7.42. The number of aromatic nitrogens is 1. The number of rotatable bonds is 4. The maximum Gasteiger partial charge on any atom is 0.447 e. The Hall–Kier alpha value is -1.97. The van der Waals surface area contributed by atoms with Gasteiger partial charge in [0.05, 0.1) is 5.56 Å². The van der Waals surface area contributed by atoms with Crippen molar-refractivity contribution in [2.45, 2.75) is 67.6 Å². The molecule has 3 rings (SSSR count). The highest BCUT2D eigenvalue weighted by Crippen LogP contribution is 2.37. The lowest BCUT2D eigenvalue weighted by Gasteiger charge is -2.34. The Morgan fingerprint density at radius 1 is 1.03 bits per heavy atom. The summed E-state index contributed by atoms with van der Waals surface area (Å²) < 4.78 is 38.0. The lowest BCUT2D eigenvalue weighted by atomic mass is 9.95. The normalized spacial score (nSPS) is 19.1. The molecule has 1 aromatic rings. The monoisotopic (exact) mass is 430 g/mol. The molecule has 10 heteroatoms. The molecule has 0 aromatic carbocycles. The average Bonchev–Trinajstić information content (AvgIpc) is 2.68. The predicted molar refractivity (Wildman–Crippen MR) is 104 cm³/mol. The third-order valence-electron chi connectivity index (χ3n) is 5.28. The lowest BCUT2D eigenvalue weighted by molar-refractivity contribution is -0.0329. The third-order valence-corrected chi connectivity index (χ3v) is 6.03. The molecule has 1 saturated carbocycles. The van der Waals surface area contributed by atoms with Crippen molar-refractivity contribution < 1.29 is 22.8 Å². The molecule has 6 nitrogen and oxygen atoms in total. The smallest absolute Gasteiger partial charge is 0.349 e. The second kappa shape index (κ2) is 9.69. The number of thioether (sulfide) groups is 1. The summed E-state index contributed by atoms with van der Waals surface area (Å²) in [5.41, 5.74) is -4.60. The summed E-state index contributed by atoms with van der Waals surface area (Å²) in [5, 5.41) is 5.51. The number of hydrogen-bond acceptors (Lipinski definition) is 4. The Balaban J connectivity index is 1.49. The fourth-order valence-electron chi connectivity index (χ4n) is 3.76. The molecule has 2 heterocycles. The Kier molecular flexibility index (Phi) is 7.26. The molecule has 1 aromatic heterocycles. The van der Waals surface area contributed by atoms with Gasteiger partial charge in [-0.05, 0) is 37.8 Å². The van der Waals surface area contributed by atoms with Gasteiger partial charge in [0.1, 0.15) is 5.03 Å². The summed E-state index contributed by atoms with van der Waals surface area (Å²) in [5.74, 6) is -0.574. The number of nitrogens with one attached hydrogen (secondary N) is 2. The number of carbonyl (C=O) groups excluding carboxylic acids is 2. The number of piperidine rings is 1. The minimum absolute atomic E-state index is 0.0715. The van der Waals surface area contributed by atoms with Gasteiger partial charge in [0.2, 0.25) is 0 Å². The first-order valence-corrected chi connectivity index (χ1v) is 10.7. The van der Waals surface area contributed by atoms with Gasteiger partial charge in [-0.3, -0.25) is 4.79 Å². The van der Waals surface area contributed by atoms with E-state index in [0.717, 1.165) is 25.7 Å². The van der Waals surface area contributed by atoms with Crippen LogP contribution >= 0.6 is 11.8 Å². The maximum atomic E-state index is 12.7. The first-order valence-electron chi connectivity index (χ1n) is 9.89. The van der Waals surface area contributed by atoms with Crippen molar-refractivity contribution in [3.63, 3.8) is 0 Å². The first-order chi connectivity index (χ1) is 13.8. The summed E-state index contributed by atoms with van der Waals surface area (Å²) in [6.07, 6.45) is 7.89. The van der Waals surface area contributed by atoms with E-state index >= 15 is 0 Å². The number of pyridine rings is 1. The van der Waals surface area contributed by atoms with E-state index in [1.165, 1.54) is 24.8 Å². The summed E-state index contributed by atoms with van der Waals surface area (Å²) >= 11 is -0.395. The molecule has 0 spiro atoms. The Labute approximate surface area is 172 Å². The second-order valence-corrected chi connectivity index (χ2v) is 8.48. The van der Waals surface area contributed by atoms with Crippen molar-refractivity contribution in [2.75, 3.05) is 13.1 Å². The molecule has 2 aliphatic rings. The standard InChI is InChI=1S/C19H25F3N4O2S/c20-19(21,22)29-17-15(7-4-10-23-17)16(27)24-14-8-11-26(12-9-14)18(28)25-13-5-2-1-3-6-13/h4,7,10,13-14H,1-3,5-6,8-9,11-12H2,(H,24,27)(H,25,28). The molecule has 0 atom stereocenters. The molecule has 3 amide bonds. The van der Waals surface area contributed by atoms with Gasteiger partial charge in [-0.15, -0.1) is 0 Å². The summed E-state index contributed by atoms with van der Waals surface area (Å²) in [4.78, 5) is 30.3. The van der Waals surface area contributed by atoms with Crippen LogP contribution in [0.25, 0.3) is 0 Å². The topological polar surface area (TPSA) is 74.3 Å². The number of nitrogens with zero attached hydrogens (tertiary/aromatic N) is 2. The molecule has 2 N–H and O–H groups in total. The van der Waals surface area contributed by atoms with Gasteiger partial charge in [-0.2, -0.15) is 13.2 Å². The number of halogens is 3. The first kappa shape index (κ1) is 21.7. The van der Waals surface area contributed by atoms with E-state index in [2.05, 4.69) is 15.6 Å². The van der Waals surface area contributed by atoms with Crippen molar-refractivity contribution in [1.82, 2.24) is 20.5 Å². The molecule has 2 fully saturated rings. The van der Waals surface area contributed by atoms with Crippen molar-refractivity contribution in [3.05, 3.63) is 23.9 Å². The molecule has 1 aliphatic carbocycles. The third kappa shape index (κ3) is 6.52. The van der Waals surface area contributed by atoms with Crippen LogP contribution in [0.1, 0.15) is 55.3 Å². The molecule has 0 radical (unpaired) electrons. The van der Waals surface area contributed by atoms with Crippen LogP contribution in [0.2, 0.25) is 0 Å². The molecule has 160 valence electrons. The summed E-state index contributed by atoms with van der Waals surface area (Å²) in [6.45, 7) is 1.00. The quantitative estimate of drug-likeness (QED) is 0.710. The molecular formula is C19H25F3N4O2S. The van der Waals surface area contributed by atoms with Crippen molar-refractivity contribution >= 4 is 23.7 Å². The van der Waals surface area contributed by atoms with Gasteiger partial charge in [0.15, 0.2) is 0 Å². The Bertz CT molecular complexity index is 718. The zero-order valence-corrected chi connectivity index (χ0v) is 16.8. The van der Waals surface area contributed by atoms with E-state index in [4.69, 9.17) is 0 Å². The summed E-state index contributed by atoms with van der Waals surface area (Å²) in [7, 11) is 0. The molecule has 1 saturated heterocycles. The number of carbonyl (C=O) groups is 2. The molecular weight excluding hydrogens is 405 g/mol. The predicted octanol–water partition coefficient (Wildman–Crippen LogP) is 3.93. The highest BCUT2D eigenvalue weighted by atomic mass is 32.2. The van der Waals surface area contributed by atoms with E-state index in [1.807, 2.05) is 0 Å². The molecule has 0 unspecified atom stereocenters. The van der Waals surface area contributed by atoms with Crippen LogP contribution in [0.3, 0.4) is 0 Å². The lowest BCUT2D eigenvalue weighted by Crippen LogP contribution is -2.51. The zero-order valence-electron chi connectivity index (χ0n) is 16.0. The van der Waals surface area contributed by atoms with E-state index in [9.17, 15) is 22.8 Å². The van der Waals surface area contributed by atoms with Crippen molar-refractivity contribution in [1.29, 1.82) is 0 Å². The van der Waals surface area contributed by atoms with Crippen molar-refractivity contribution in [3.8, 4) is 0 Å². The number of alkyl halides is 3. The number of amides is 3. The van der Waals surface area contributed by atoms with Crippen LogP contribution in [0.15, 0.2) is 23.4 Å².